The molecule has 0 heterocycles. The summed E-state index contributed by atoms with van der Waals surface area (Å²) in [7, 11) is 0. The van der Waals surface area contributed by atoms with Crippen LogP contribution in [0.15, 0.2) is 24.3 Å². The summed E-state index contributed by atoms with van der Waals surface area (Å²) in [5.41, 5.74) is 6.81. The van der Waals surface area contributed by atoms with Crippen LogP contribution in [-0.2, 0) is 0 Å². The van der Waals surface area contributed by atoms with E-state index in [1.54, 1.807) is 0 Å². The smallest absolute Gasteiger partial charge is 0.252 e. The quantitative estimate of drug-likeness (QED) is 0.839. The highest BCUT2D eigenvalue weighted by Crippen LogP contribution is 2.26. The molecule has 1 amide bonds. The zero-order valence-corrected chi connectivity index (χ0v) is 12.7. The van der Waals surface area contributed by atoms with Crippen molar-refractivity contribution in [2.24, 2.45) is 11.7 Å². The highest BCUT2D eigenvalue weighted by Gasteiger charge is 2.22. The summed E-state index contributed by atoms with van der Waals surface area (Å²) in [5, 5.41) is 3.16. The van der Waals surface area contributed by atoms with Crippen molar-refractivity contribution in [2.45, 2.75) is 45.1 Å². The lowest BCUT2D eigenvalue weighted by molar-refractivity contribution is 0.0921. The van der Waals surface area contributed by atoms with Gasteiger partial charge in [-0.1, -0.05) is 37.3 Å². The van der Waals surface area contributed by atoms with Gasteiger partial charge in [-0.15, -0.1) is 0 Å². The molecule has 1 aliphatic rings. The zero-order valence-electron chi connectivity index (χ0n) is 12.7. The molecule has 0 bridgehead atoms. The van der Waals surface area contributed by atoms with Crippen LogP contribution in [-0.4, -0.2) is 18.5 Å². The number of nitrogens with two attached hydrogens (primary N) is 1. The Bertz CT molecular complexity index is 534. The van der Waals surface area contributed by atoms with E-state index in [1.807, 2.05) is 24.3 Å². The van der Waals surface area contributed by atoms with E-state index in [2.05, 4.69) is 24.1 Å². The summed E-state index contributed by atoms with van der Waals surface area (Å²) in [4.78, 5) is 12.4. The summed E-state index contributed by atoms with van der Waals surface area (Å²) in [6, 6.07) is 7.76. The molecule has 0 spiro atoms. The summed E-state index contributed by atoms with van der Waals surface area (Å²) in [6.07, 6.45) is 5.85. The van der Waals surface area contributed by atoms with E-state index in [0.717, 1.165) is 24.3 Å². The Morgan fingerprint density at radius 2 is 2.00 bits per heavy atom. The first-order chi connectivity index (χ1) is 10.2. The third kappa shape index (κ3) is 4.34. The van der Waals surface area contributed by atoms with Gasteiger partial charge in [-0.05, 0) is 43.7 Å². The van der Waals surface area contributed by atoms with Gasteiger partial charge in [0.2, 0.25) is 0 Å². The molecule has 0 unspecified atom stereocenters. The fourth-order valence-electron chi connectivity index (χ4n) is 2.91. The maximum atomic E-state index is 12.4. The SMILES string of the molecule is CCC1CCC(NC(=O)c2ccccc2C#CCN)CC1. The molecule has 0 aromatic heterocycles. The van der Waals surface area contributed by atoms with E-state index in [9.17, 15) is 4.79 Å². The predicted molar refractivity (Wildman–Crippen MR) is 85.9 cm³/mol. The second-order valence-electron chi connectivity index (χ2n) is 5.65. The molecular weight excluding hydrogens is 260 g/mol. The van der Waals surface area contributed by atoms with Crippen LogP contribution in [0.2, 0.25) is 0 Å². The van der Waals surface area contributed by atoms with E-state index in [1.165, 1.54) is 19.3 Å². The van der Waals surface area contributed by atoms with Crippen molar-refractivity contribution in [1.82, 2.24) is 5.32 Å². The molecule has 1 aromatic rings. The fraction of sp³-hybridized carbons (Fsp3) is 0.500. The van der Waals surface area contributed by atoms with Gasteiger partial charge in [0.15, 0.2) is 0 Å². The molecule has 1 fully saturated rings. The van der Waals surface area contributed by atoms with Gasteiger partial charge in [0.25, 0.3) is 5.91 Å². The number of carbonyl (C=O) groups excluding carboxylic acids is 1. The van der Waals surface area contributed by atoms with Gasteiger partial charge in [-0.3, -0.25) is 4.79 Å². The molecule has 3 heteroatoms. The predicted octanol–water partition coefficient (Wildman–Crippen LogP) is 2.70. The molecule has 3 N–H and O–H groups in total. The minimum atomic E-state index is -0.0168. The summed E-state index contributed by atoms with van der Waals surface area (Å²) in [5.74, 6) is 6.60. The van der Waals surface area contributed by atoms with Crippen molar-refractivity contribution in [1.29, 1.82) is 0 Å². The molecule has 0 saturated heterocycles. The van der Waals surface area contributed by atoms with Crippen molar-refractivity contribution in [3.63, 3.8) is 0 Å². The van der Waals surface area contributed by atoms with Crippen LogP contribution >= 0.6 is 0 Å². The minimum absolute atomic E-state index is 0.0168. The number of rotatable bonds is 3. The number of benzene rings is 1. The van der Waals surface area contributed by atoms with E-state index in [0.29, 0.717) is 18.2 Å². The van der Waals surface area contributed by atoms with E-state index in [-0.39, 0.29) is 5.91 Å². The van der Waals surface area contributed by atoms with Crippen LogP contribution in [0.4, 0.5) is 0 Å². The number of nitrogens with one attached hydrogen (secondary N) is 1. The normalized spacial score (nSPS) is 21.2. The standard InChI is InChI=1S/C18H24N2O/c1-2-14-9-11-16(12-10-14)20-18(21)17-8-4-3-6-15(17)7-5-13-19/h3-4,6,8,14,16H,2,9-13,19H2,1H3,(H,20,21). The first-order valence-electron chi connectivity index (χ1n) is 7.83. The van der Waals surface area contributed by atoms with Gasteiger partial charge < -0.3 is 11.1 Å². The topological polar surface area (TPSA) is 55.1 Å². The monoisotopic (exact) mass is 284 g/mol. The largest absolute Gasteiger partial charge is 0.349 e. The molecule has 0 aliphatic heterocycles. The highest BCUT2D eigenvalue weighted by molar-refractivity contribution is 5.96. The number of hydrogen-bond donors (Lipinski definition) is 2. The van der Waals surface area contributed by atoms with E-state index < -0.39 is 0 Å². The lowest BCUT2D eigenvalue weighted by Crippen LogP contribution is -2.37. The van der Waals surface area contributed by atoms with Gasteiger partial charge in [0, 0.05) is 11.6 Å². The summed E-state index contributed by atoms with van der Waals surface area (Å²) < 4.78 is 0. The molecule has 21 heavy (non-hydrogen) atoms. The fourth-order valence-corrected chi connectivity index (χ4v) is 2.91. The number of hydrogen-bond acceptors (Lipinski definition) is 2. The third-order valence-corrected chi connectivity index (χ3v) is 4.26. The maximum Gasteiger partial charge on any atom is 0.252 e. The molecular formula is C18H24N2O. The second-order valence-corrected chi connectivity index (χ2v) is 5.65. The Balaban J connectivity index is 2.01. The molecule has 112 valence electrons. The average Bonchev–Trinajstić information content (AvgIpc) is 2.54. The van der Waals surface area contributed by atoms with Crippen LogP contribution in [0.25, 0.3) is 0 Å². The Labute approximate surface area is 127 Å². The van der Waals surface area contributed by atoms with Crippen LogP contribution in [0, 0.1) is 17.8 Å². The van der Waals surface area contributed by atoms with Crippen molar-refractivity contribution in [3.05, 3.63) is 35.4 Å². The van der Waals surface area contributed by atoms with Gasteiger partial charge in [0.1, 0.15) is 0 Å². The Kier molecular flexibility index (Phi) is 5.83. The number of amides is 1. The lowest BCUT2D eigenvalue weighted by atomic mass is 9.84. The Morgan fingerprint density at radius 1 is 1.29 bits per heavy atom. The Hall–Kier alpha value is -1.79. The summed E-state index contributed by atoms with van der Waals surface area (Å²) >= 11 is 0. The summed E-state index contributed by atoms with van der Waals surface area (Å²) in [6.45, 7) is 2.55. The molecule has 0 radical (unpaired) electrons. The highest BCUT2D eigenvalue weighted by atomic mass is 16.1. The molecule has 1 aliphatic carbocycles. The molecule has 0 atom stereocenters. The van der Waals surface area contributed by atoms with Crippen LogP contribution < -0.4 is 11.1 Å². The first-order valence-corrected chi connectivity index (χ1v) is 7.83. The van der Waals surface area contributed by atoms with Crippen molar-refractivity contribution in [2.75, 3.05) is 6.54 Å². The number of carbonyl (C=O) groups is 1. The van der Waals surface area contributed by atoms with Gasteiger partial charge in [-0.25, -0.2) is 0 Å². The van der Waals surface area contributed by atoms with Gasteiger partial charge in [-0.2, -0.15) is 0 Å². The molecule has 2 rings (SSSR count). The third-order valence-electron chi connectivity index (χ3n) is 4.26. The van der Waals surface area contributed by atoms with Crippen LogP contribution in [0.5, 0.6) is 0 Å². The lowest BCUT2D eigenvalue weighted by Gasteiger charge is -2.28. The zero-order chi connectivity index (χ0) is 15.1. The molecule has 1 saturated carbocycles. The van der Waals surface area contributed by atoms with Crippen LogP contribution in [0.3, 0.4) is 0 Å². The van der Waals surface area contributed by atoms with E-state index in [4.69, 9.17) is 5.73 Å². The van der Waals surface area contributed by atoms with Gasteiger partial charge >= 0.3 is 0 Å². The molecule has 1 aromatic carbocycles. The maximum absolute atomic E-state index is 12.4. The second kappa shape index (κ2) is 7.85. The van der Waals surface area contributed by atoms with Crippen molar-refractivity contribution >= 4 is 5.91 Å². The van der Waals surface area contributed by atoms with E-state index >= 15 is 0 Å². The van der Waals surface area contributed by atoms with Crippen molar-refractivity contribution < 1.29 is 4.79 Å². The minimum Gasteiger partial charge on any atom is -0.349 e. The average molecular weight is 284 g/mol. The van der Waals surface area contributed by atoms with Crippen LogP contribution in [0.1, 0.15) is 54.9 Å². The van der Waals surface area contributed by atoms with Gasteiger partial charge in [0.05, 0.1) is 12.1 Å². The Morgan fingerprint density at radius 3 is 2.67 bits per heavy atom. The first kappa shape index (κ1) is 15.6. The molecule has 3 nitrogen and oxygen atoms in total. The van der Waals surface area contributed by atoms with Crippen molar-refractivity contribution in [3.8, 4) is 11.8 Å².